The third-order valence-electron chi connectivity index (χ3n) is 4.61. The van der Waals surface area contributed by atoms with E-state index in [1.165, 1.54) is 16.2 Å². The van der Waals surface area contributed by atoms with Crippen molar-refractivity contribution in [3.05, 3.63) is 50.9 Å². The minimum atomic E-state index is -0.533. The number of nitriles is 1. The molecule has 1 aliphatic carbocycles. The van der Waals surface area contributed by atoms with Gasteiger partial charge in [0.1, 0.15) is 11.1 Å². The van der Waals surface area contributed by atoms with Crippen LogP contribution in [-0.2, 0) is 22.4 Å². The average molecular weight is 368 g/mol. The molecule has 1 amide bonds. The van der Waals surface area contributed by atoms with Crippen molar-refractivity contribution in [2.75, 3.05) is 11.9 Å². The molecule has 1 aromatic heterocycles. The molecule has 6 heteroatoms. The van der Waals surface area contributed by atoms with Crippen LogP contribution in [0.25, 0.3) is 0 Å². The predicted molar refractivity (Wildman–Crippen MR) is 101 cm³/mol. The highest BCUT2D eigenvalue weighted by molar-refractivity contribution is 7.16. The molecule has 1 heterocycles. The Hall–Kier alpha value is -2.65. The predicted octanol–water partition coefficient (Wildman–Crippen LogP) is 3.91. The number of rotatable bonds is 4. The lowest BCUT2D eigenvalue weighted by Crippen LogP contribution is -2.21. The van der Waals surface area contributed by atoms with Crippen LogP contribution in [0.2, 0.25) is 0 Å². The van der Waals surface area contributed by atoms with Gasteiger partial charge in [0, 0.05) is 4.88 Å². The number of nitrogens with zero attached hydrogens (tertiary/aromatic N) is 1. The van der Waals surface area contributed by atoms with E-state index in [9.17, 15) is 14.9 Å². The highest BCUT2D eigenvalue weighted by Crippen LogP contribution is 2.37. The first-order valence-electron chi connectivity index (χ1n) is 8.58. The van der Waals surface area contributed by atoms with Gasteiger partial charge >= 0.3 is 5.97 Å². The normalized spacial score (nSPS) is 12.8. The number of carbonyl (C=O) groups is 2. The molecule has 1 N–H and O–H groups in total. The molecule has 0 aliphatic heterocycles. The summed E-state index contributed by atoms with van der Waals surface area (Å²) in [5.41, 5.74) is 4.12. The molecule has 3 rings (SSSR count). The Balaban J connectivity index is 1.63. The second kappa shape index (κ2) is 7.71. The molecule has 5 nitrogen and oxygen atoms in total. The number of benzene rings is 1. The summed E-state index contributed by atoms with van der Waals surface area (Å²) in [7, 11) is 0. The topological polar surface area (TPSA) is 79.2 Å². The van der Waals surface area contributed by atoms with E-state index < -0.39 is 11.9 Å². The zero-order valence-electron chi connectivity index (χ0n) is 14.8. The molecule has 0 unspecified atom stereocenters. The quantitative estimate of drug-likeness (QED) is 0.830. The number of thiophene rings is 1. The van der Waals surface area contributed by atoms with E-state index in [4.69, 9.17) is 4.74 Å². The van der Waals surface area contributed by atoms with Crippen LogP contribution in [0.15, 0.2) is 18.2 Å². The van der Waals surface area contributed by atoms with Gasteiger partial charge in [-0.2, -0.15) is 5.26 Å². The molecular weight excluding hydrogens is 348 g/mol. The highest BCUT2D eigenvalue weighted by atomic mass is 32.1. The Kier molecular flexibility index (Phi) is 5.38. The molecule has 0 atom stereocenters. The molecule has 0 saturated carbocycles. The molecule has 0 radical (unpaired) electrons. The molecule has 26 heavy (non-hydrogen) atoms. The summed E-state index contributed by atoms with van der Waals surface area (Å²) in [6.07, 6.45) is 4.01. The zero-order chi connectivity index (χ0) is 18.7. The van der Waals surface area contributed by atoms with Crippen molar-refractivity contribution in [1.29, 1.82) is 5.26 Å². The number of fused-ring (bicyclic) bond motifs is 1. The lowest BCUT2D eigenvalue weighted by atomic mass is 9.96. The van der Waals surface area contributed by atoms with Crippen molar-refractivity contribution in [2.45, 2.75) is 39.5 Å². The Morgan fingerprint density at radius 2 is 2.00 bits per heavy atom. The van der Waals surface area contributed by atoms with Crippen molar-refractivity contribution in [1.82, 2.24) is 0 Å². The largest absolute Gasteiger partial charge is 0.452 e. The Morgan fingerprint density at radius 3 is 2.73 bits per heavy atom. The molecule has 0 fully saturated rings. The van der Waals surface area contributed by atoms with Gasteiger partial charge in [0.2, 0.25) is 0 Å². The van der Waals surface area contributed by atoms with Crippen LogP contribution in [0.3, 0.4) is 0 Å². The first kappa shape index (κ1) is 18.2. The standard InChI is InChI=1S/C20H20N2O3S/c1-12-7-8-14(9-13(12)2)20(24)25-11-18(23)22-19-16(10-21)15-5-3-4-6-17(15)26-19/h7-9H,3-6,11H2,1-2H3,(H,22,23). The number of anilines is 1. The first-order chi connectivity index (χ1) is 12.5. The van der Waals surface area contributed by atoms with Crippen LogP contribution in [-0.4, -0.2) is 18.5 Å². The first-order valence-corrected chi connectivity index (χ1v) is 9.40. The van der Waals surface area contributed by atoms with E-state index >= 15 is 0 Å². The molecule has 134 valence electrons. The summed E-state index contributed by atoms with van der Waals surface area (Å²) in [6, 6.07) is 7.48. The molecule has 0 bridgehead atoms. The highest BCUT2D eigenvalue weighted by Gasteiger charge is 2.22. The maximum Gasteiger partial charge on any atom is 0.338 e. The second-order valence-electron chi connectivity index (χ2n) is 6.45. The van der Waals surface area contributed by atoms with Gasteiger partial charge in [-0.25, -0.2) is 4.79 Å². The Bertz CT molecular complexity index is 909. The lowest BCUT2D eigenvalue weighted by Gasteiger charge is -2.09. The van der Waals surface area contributed by atoms with E-state index in [2.05, 4.69) is 11.4 Å². The second-order valence-corrected chi connectivity index (χ2v) is 7.56. The fourth-order valence-electron chi connectivity index (χ4n) is 3.02. The van der Waals surface area contributed by atoms with Gasteiger partial charge in [-0.1, -0.05) is 6.07 Å². The third-order valence-corrected chi connectivity index (χ3v) is 5.82. The molecule has 1 aliphatic rings. The number of hydrogen-bond donors (Lipinski definition) is 1. The van der Waals surface area contributed by atoms with Gasteiger partial charge < -0.3 is 10.1 Å². The lowest BCUT2D eigenvalue weighted by molar-refractivity contribution is -0.119. The minimum Gasteiger partial charge on any atom is -0.452 e. The van der Waals surface area contributed by atoms with Crippen molar-refractivity contribution in [3.8, 4) is 6.07 Å². The number of aryl methyl sites for hydroxylation is 3. The maximum absolute atomic E-state index is 12.2. The van der Waals surface area contributed by atoms with Crippen molar-refractivity contribution < 1.29 is 14.3 Å². The summed E-state index contributed by atoms with van der Waals surface area (Å²) in [4.78, 5) is 25.4. The van der Waals surface area contributed by atoms with Gasteiger partial charge in [-0.05, 0) is 68.4 Å². The monoisotopic (exact) mass is 368 g/mol. The van der Waals surface area contributed by atoms with E-state index in [-0.39, 0.29) is 6.61 Å². The van der Waals surface area contributed by atoms with E-state index in [0.717, 1.165) is 42.4 Å². The number of esters is 1. The fourth-order valence-corrected chi connectivity index (χ4v) is 4.27. The Labute approximate surface area is 156 Å². The summed E-state index contributed by atoms with van der Waals surface area (Å²) < 4.78 is 5.10. The van der Waals surface area contributed by atoms with Crippen LogP contribution < -0.4 is 5.32 Å². The summed E-state index contributed by atoms with van der Waals surface area (Å²) in [5.74, 6) is -0.966. The van der Waals surface area contributed by atoms with Crippen molar-refractivity contribution >= 4 is 28.2 Å². The fraction of sp³-hybridized carbons (Fsp3) is 0.350. The molecule has 0 spiro atoms. The van der Waals surface area contributed by atoms with Crippen LogP contribution in [0.1, 0.15) is 50.3 Å². The van der Waals surface area contributed by atoms with Crippen LogP contribution >= 0.6 is 11.3 Å². The van der Waals surface area contributed by atoms with Crippen LogP contribution in [0, 0.1) is 25.2 Å². The SMILES string of the molecule is Cc1ccc(C(=O)OCC(=O)Nc2sc3c(c2C#N)CCCC3)cc1C. The van der Waals surface area contributed by atoms with E-state index in [1.807, 2.05) is 19.9 Å². The number of ether oxygens (including phenoxy) is 1. The Morgan fingerprint density at radius 1 is 1.23 bits per heavy atom. The van der Waals surface area contributed by atoms with Crippen molar-refractivity contribution in [2.24, 2.45) is 0 Å². The third kappa shape index (κ3) is 3.78. The van der Waals surface area contributed by atoms with Crippen LogP contribution in [0.5, 0.6) is 0 Å². The number of nitrogens with one attached hydrogen (secondary N) is 1. The van der Waals surface area contributed by atoms with Gasteiger partial charge in [0.15, 0.2) is 6.61 Å². The van der Waals surface area contributed by atoms with E-state index in [1.54, 1.807) is 12.1 Å². The maximum atomic E-state index is 12.2. The van der Waals surface area contributed by atoms with Gasteiger partial charge in [0.25, 0.3) is 5.91 Å². The summed E-state index contributed by atoms with van der Waals surface area (Å²) >= 11 is 1.45. The molecular formula is C20H20N2O3S. The van der Waals surface area contributed by atoms with E-state index in [0.29, 0.717) is 16.1 Å². The summed E-state index contributed by atoms with van der Waals surface area (Å²) in [6.45, 7) is 3.51. The smallest absolute Gasteiger partial charge is 0.338 e. The number of carbonyl (C=O) groups excluding carboxylic acids is 2. The molecule has 2 aromatic rings. The van der Waals surface area contributed by atoms with Gasteiger partial charge in [-0.3, -0.25) is 4.79 Å². The number of hydrogen-bond acceptors (Lipinski definition) is 5. The minimum absolute atomic E-state index is 0.376. The average Bonchev–Trinajstić information content (AvgIpc) is 2.98. The van der Waals surface area contributed by atoms with Gasteiger partial charge in [0.05, 0.1) is 11.1 Å². The van der Waals surface area contributed by atoms with Gasteiger partial charge in [-0.15, -0.1) is 11.3 Å². The summed E-state index contributed by atoms with van der Waals surface area (Å²) in [5, 5.41) is 12.7. The molecule has 0 saturated heterocycles. The number of amides is 1. The zero-order valence-corrected chi connectivity index (χ0v) is 15.7. The van der Waals surface area contributed by atoms with Crippen molar-refractivity contribution in [3.63, 3.8) is 0 Å². The molecule has 1 aromatic carbocycles. The van der Waals surface area contributed by atoms with Crippen LogP contribution in [0.4, 0.5) is 5.00 Å².